The summed E-state index contributed by atoms with van der Waals surface area (Å²) in [6.45, 7) is 2.51. The Bertz CT molecular complexity index is 539. The SMILES string of the molecule is Cc1ccc(I)cc1NC(=O)CCn1cncn1. The highest BCUT2D eigenvalue weighted by Crippen LogP contribution is 2.18. The smallest absolute Gasteiger partial charge is 0.226 e. The number of amides is 1. The Morgan fingerprint density at radius 1 is 1.50 bits per heavy atom. The maximum Gasteiger partial charge on any atom is 0.226 e. The van der Waals surface area contributed by atoms with Gasteiger partial charge in [-0.15, -0.1) is 0 Å². The van der Waals surface area contributed by atoms with Gasteiger partial charge in [0.25, 0.3) is 0 Å². The normalized spacial score (nSPS) is 10.3. The number of nitrogens with zero attached hydrogens (tertiary/aromatic N) is 3. The number of rotatable bonds is 4. The Hall–Kier alpha value is -1.44. The Balaban J connectivity index is 1.92. The Morgan fingerprint density at radius 2 is 2.33 bits per heavy atom. The molecule has 1 heterocycles. The van der Waals surface area contributed by atoms with E-state index in [9.17, 15) is 4.79 Å². The van der Waals surface area contributed by atoms with E-state index in [0.717, 1.165) is 14.8 Å². The van der Waals surface area contributed by atoms with E-state index in [1.807, 2.05) is 25.1 Å². The van der Waals surface area contributed by atoms with E-state index in [4.69, 9.17) is 0 Å². The molecule has 18 heavy (non-hydrogen) atoms. The number of nitrogens with one attached hydrogen (secondary N) is 1. The molecule has 6 heteroatoms. The Kier molecular flexibility index (Phi) is 4.29. The lowest BCUT2D eigenvalue weighted by Crippen LogP contribution is -2.15. The Labute approximate surface area is 119 Å². The monoisotopic (exact) mass is 356 g/mol. The number of aromatic nitrogens is 3. The second kappa shape index (κ2) is 5.94. The van der Waals surface area contributed by atoms with Crippen LogP contribution in [0.15, 0.2) is 30.9 Å². The molecule has 0 saturated carbocycles. The summed E-state index contributed by atoms with van der Waals surface area (Å²) in [4.78, 5) is 15.6. The van der Waals surface area contributed by atoms with E-state index in [-0.39, 0.29) is 5.91 Å². The molecule has 0 fully saturated rings. The van der Waals surface area contributed by atoms with E-state index >= 15 is 0 Å². The lowest BCUT2D eigenvalue weighted by Gasteiger charge is -2.08. The first-order valence-electron chi connectivity index (χ1n) is 5.53. The molecule has 1 N–H and O–H groups in total. The number of hydrogen-bond donors (Lipinski definition) is 1. The van der Waals surface area contributed by atoms with Crippen molar-refractivity contribution in [2.45, 2.75) is 19.9 Å². The highest BCUT2D eigenvalue weighted by molar-refractivity contribution is 14.1. The molecule has 2 rings (SSSR count). The van der Waals surface area contributed by atoms with Crippen molar-refractivity contribution < 1.29 is 4.79 Å². The fraction of sp³-hybridized carbons (Fsp3) is 0.250. The summed E-state index contributed by atoms with van der Waals surface area (Å²) in [5, 5.41) is 6.86. The van der Waals surface area contributed by atoms with Gasteiger partial charge in [0.05, 0.1) is 6.54 Å². The number of anilines is 1. The van der Waals surface area contributed by atoms with E-state index < -0.39 is 0 Å². The molecule has 0 spiro atoms. The predicted octanol–water partition coefficient (Wildman–Crippen LogP) is 2.22. The second-order valence-corrected chi connectivity index (χ2v) is 5.16. The maximum atomic E-state index is 11.8. The van der Waals surface area contributed by atoms with Crippen LogP contribution in [0.5, 0.6) is 0 Å². The van der Waals surface area contributed by atoms with Crippen LogP contribution in [0.3, 0.4) is 0 Å². The average molecular weight is 356 g/mol. The third kappa shape index (κ3) is 3.52. The third-order valence-corrected chi connectivity index (χ3v) is 3.18. The minimum Gasteiger partial charge on any atom is -0.326 e. The molecule has 94 valence electrons. The molecule has 1 amide bonds. The van der Waals surface area contributed by atoms with E-state index in [1.165, 1.54) is 6.33 Å². The van der Waals surface area contributed by atoms with Gasteiger partial charge in [-0.1, -0.05) is 6.07 Å². The predicted molar refractivity (Wildman–Crippen MR) is 77.2 cm³/mol. The van der Waals surface area contributed by atoms with Crippen LogP contribution in [0.1, 0.15) is 12.0 Å². The zero-order chi connectivity index (χ0) is 13.0. The van der Waals surface area contributed by atoms with Gasteiger partial charge in [0.1, 0.15) is 12.7 Å². The first kappa shape index (κ1) is 13.0. The zero-order valence-corrected chi connectivity index (χ0v) is 12.1. The lowest BCUT2D eigenvalue weighted by atomic mass is 10.2. The van der Waals surface area contributed by atoms with Gasteiger partial charge in [-0.25, -0.2) is 4.98 Å². The average Bonchev–Trinajstić information content (AvgIpc) is 2.84. The first-order valence-corrected chi connectivity index (χ1v) is 6.61. The van der Waals surface area contributed by atoms with Crippen molar-refractivity contribution in [2.75, 3.05) is 5.32 Å². The largest absolute Gasteiger partial charge is 0.326 e. The number of benzene rings is 1. The lowest BCUT2D eigenvalue weighted by molar-refractivity contribution is -0.116. The number of aryl methyl sites for hydroxylation is 2. The highest BCUT2D eigenvalue weighted by Gasteiger charge is 2.05. The van der Waals surface area contributed by atoms with Gasteiger partial charge < -0.3 is 5.32 Å². The van der Waals surface area contributed by atoms with Gasteiger partial charge in [0, 0.05) is 15.7 Å². The van der Waals surface area contributed by atoms with Crippen molar-refractivity contribution in [2.24, 2.45) is 0 Å². The van der Waals surface area contributed by atoms with E-state index in [0.29, 0.717) is 13.0 Å². The Morgan fingerprint density at radius 3 is 3.06 bits per heavy atom. The van der Waals surface area contributed by atoms with Crippen molar-refractivity contribution in [1.82, 2.24) is 14.8 Å². The van der Waals surface area contributed by atoms with Crippen LogP contribution in [0, 0.1) is 10.5 Å². The molecule has 2 aromatic rings. The summed E-state index contributed by atoms with van der Waals surface area (Å²) in [5.41, 5.74) is 1.93. The third-order valence-electron chi connectivity index (χ3n) is 2.51. The summed E-state index contributed by atoms with van der Waals surface area (Å²) >= 11 is 2.23. The zero-order valence-electron chi connectivity index (χ0n) is 9.93. The molecule has 0 atom stereocenters. The molecule has 0 aliphatic rings. The molecular formula is C12H13IN4O. The van der Waals surface area contributed by atoms with Gasteiger partial charge >= 0.3 is 0 Å². The minimum atomic E-state index is -0.0180. The first-order chi connectivity index (χ1) is 8.65. The summed E-state index contributed by atoms with van der Waals surface area (Å²) < 4.78 is 2.74. The van der Waals surface area contributed by atoms with Crippen LogP contribution in [0.25, 0.3) is 0 Å². The second-order valence-electron chi connectivity index (χ2n) is 3.92. The van der Waals surface area contributed by atoms with Crippen LogP contribution < -0.4 is 5.32 Å². The van der Waals surface area contributed by atoms with Crippen LogP contribution in [0.4, 0.5) is 5.69 Å². The quantitative estimate of drug-likeness (QED) is 0.855. The molecule has 0 saturated heterocycles. The van der Waals surface area contributed by atoms with Crippen molar-refractivity contribution >= 4 is 34.2 Å². The van der Waals surface area contributed by atoms with Crippen LogP contribution in [-0.2, 0) is 11.3 Å². The van der Waals surface area contributed by atoms with Gasteiger partial charge in [-0.2, -0.15) is 5.10 Å². The molecule has 0 unspecified atom stereocenters. The van der Waals surface area contributed by atoms with Gasteiger partial charge in [0.2, 0.25) is 5.91 Å². The number of halogens is 1. The van der Waals surface area contributed by atoms with Crippen molar-refractivity contribution in [3.63, 3.8) is 0 Å². The molecule has 0 bridgehead atoms. The van der Waals surface area contributed by atoms with Crippen LogP contribution >= 0.6 is 22.6 Å². The standard InChI is InChI=1S/C12H13IN4O/c1-9-2-3-10(13)6-11(9)16-12(18)4-5-17-8-14-7-15-17/h2-3,6-8H,4-5H2,1H3,(H,16,18). The van der Waals surface area contributed by atoms with Crippen LogP contribution in [0.2, 0.25) is 0 Å². The molecule has 1 aromatic carbocycles. The fourth-order valence-corrected chi connectivity index (χ4v) is 2.00. The maximum absolute atomic E-state index is 11.8. The van der Waals surface area contributed by atoms with E-state index in [2.05, 4.69) is 38.0 Å². The number of carbonyl (C=O) groups is 1. The minimum absolute atomic E-state index is 0.0180. The number of carbonyl (C=O) groups excluding carboxylic acids is 1. The molecule has 5 nitrogen and oxygen atoms in total. The molecular weight excluding hydrogens is 343 g/mol. The van der Waals surface area contributed by atoms with Crippen molar-refractivity contribution in [1.29, 1.82) is 0 Å². The molecule has 0 aliphatic carbocycles. The molecule has 0 radical (unpaired) electrons. The summed E-state index contributed by atoms with van der Waals surface area (Å²) in [6, 6.07) is 5.97. The van der Waals surface area contributed by atoms with Gasteiger partial charge in [-0.05, 0) is 47.2 Å². The van der Waals surface area contributed by atoms with Gasteiger partial charge in [0.15, 0.2) is 0 Å². The molecule has 0 aliphatic heterocycles. The van der Waals surface area contributed by atoms with Crippen LogP contribution in [-0.4, -0.2) is 20.7 Å². The van der Waals surface area contributed by atoms with Crippen molar-refractivity contribution in [3.05, 3.63) is 40.0 Å². The van der Waals surface area contributed by atoms with E-state index in [1.54, 1.807) is 11.0 Å². The summed E-state index contributed by atoms with van der Waals surface area (Å²) in [5.74, 6) is -0.0180. The molecule has 1 aromatic heterocycles. The topological polar surface area (TPSA) is 59.8 Å². The summed E-state index contributed by atoms with van der Waals surface area (Å²) in [6.07, 6.45) is 3.44. The van der Waals surface area contributed by atoms with Crippen molar-refractivity contribution in [3.8, 4) is 0 Å². The number of hydrogen-bond acceptors (Lipinski definition) is 3. The summed E-state index contributed by atoms with van der Waals surface area (Å²) in [7, 11) is 0. The van der Waals surface area contributed by atoms with Gasteiger partial charge in [-0.3, -0.25) is 9.48 Å². The highest BCUT2D eigenvalue weighted by atomic mass is 127. The fourth-order valence-electron chi connectivity index (χ4n) is 1.51.